The predicted octanol–water partition coefficient (Wildman–Crippen LogP) is 3.34. The molecule has 0 radical (unpaired) electrons. The second-order valence-electron chi connectivity index (χ2n) is 4.63. The summed E-state index contributed by atoms with van der Waals surface area (Å²) in [5.41, 5.74) is 0.628. The molecule has 0 aromatic heterocycles. The lowest BCUT2D eigenvalue weighted by molar-refractivity contribution is -0.138. The maximum Gasteiger partial charge on any atom is 0.348 e. The van der Waals surface area contributed by atoms with Crippen molar-refractivity contribution in [3.05, 3.63) is 29.3 Å². The highest BCUT2D eigenvalue weighted by Gasteiger charge is 2.11. The molecule has 1 rings (SSSR count). The van der Waals surface area contributed by atoms with Gasteiger partial charge in [0, 0.05) is 0 Å². The van der Waals surface area contributed by atoms with Crippen LogP contribution in [0.15, 0.2) is 23.8 Å². The third-order valence-electron chi connectivity index (χ3n) is 3.04. The van der Waals surface area contributed by atoms with Crippen LogP contribution in [0, 0.1) is 11.3 Å². The van der Waals surface area contributed by atoms with Crippen molar-refractivity contribution in [1.82, 2.24) is 0 Å². The van der Waals surface area contributed by atoms with Crippen LogP contribution in [0.3, 0.4) is 0 Å². The maximum absolute atomic E-state index is 11.9. The van der Waals surface area contributed by atoms with Crippen LogP contribution in [-0.4, -0.2) is 26.8 Å². The molecule has 22 heavy (non-hydrogen) atoms. The average molecular weight is 303 g/mol. The summed E-state index contributed by atoms with van der Waals surface area (Å²) in [7, 11) is 3.07. The summed E-state index contributed by atoms with van der Waals surface area (Å²) in [4.78, 5) is 11.9. The van der Waals surface area contributed by atoms with Crippen LogP contribution in [0.1, 0.15) is 31.7 Å². The summed E-state index contributed by atoms with van der Waals surface area (Å²) in [5, 5.41) is 9.11. The zero-order valence-electron chi connectivity index (χ0n) is 13.2. The molecule has 1 aromatic rings. The molecular formula is C17H21NO4. The molecule has 5 heteroatoms. The number of benzene rings is 1. The number of nitriles is 1. The molecule has 0 spiro atoms. The fourth-order valence-electron chi connectivity index (χ4n) is 1.84. The van der Waals surface area contributed by atoms with Gasteiger partial charge in [-0.1, -0.05) is 25.8 Å². The standard InChI is InChI=1S/C17H21NO4/c1-4-5-6-9-22-17(19)14(12-18)10-13-7-8-15(20-2)16(11-13)21-3/h7-8,10-11H,4-6,9H2,1-3H3. The van der Waals surface area contributed by atoms with Crippen LogP contribution in [0.5, 0.6) is 11.5 Å². The number of ether oxygens (including phenoxy) is 3. The summed E-state index contributed by atoms with van der Waals surface area (Å²) in [5.74, 6) is 0.513. The van der Waals surface area contributed by atoms with E-state index in [0.717, 1.165) is 19.3 Å². The van der Waals surface area contributed by atoms with Gasteiger partial charge in [0.15, 0.2) is 11.5 Å². The van der Waals surface area contributed by atoms with Crippen LogP contribution in [0.4, 0.5) is 0 Å². The maximum atomic E-state index is 11.9. The quantitative estimate of drug-likeness (QED) is 0.319. The molecule has 0 saturated heterocycles. The number of hydrogen-bond acceptors (Lipinski definition) is 5. The molecule has 0 fully saturated rings. The largest absolute Gasteiger partial charge is 0.493 e. The van der Waals surface area contributed by atoms with Gasteiger partial charge in [-0.05, 0) is 30.2 Å². The van der Waals surface area contributed by atoms with E-state index >= 15 is 0 Å². The second kappa shape index (κ2) is 9.46. The number of esters is 1. The summed E-state index contributed by atoms with van der Waals surface area (Å²) in [6, 6.07) is 7.02. The average Bonchev–Trinajstić information content (AvgIpc) is 2.56. The van der Waals surface area contributed by atoms with Gasteiger partial charge >= 0.3 is 5.97 Å². The van der Waals surface area contributed by atoms with E-state index in [1.54, 1.807) is 25.3 Å². The molecule has 0 atom stereocenters. The van der Waals surface area contributed by atoms with Crippen molar-refractivity contribution in [2.75, 3.05) is 20.8 Å². The van der Waals surface area contributed by atoms with Gasteiger partial charge in [-0.3, -0.25) is 0 Å². The fraction of sp³-hybridized carbons (Fsp3) is 0.412. The highest BCUT2D eigenvalue weighted by Crippen LogP contribution is 2.28. The first-order chi connectivity index (χ1) is 10.7. The fourth-order valence-corrected chi connectivity index (χ4v) is 1.84. The Hall–Kier alpha value is -2.48. The Labute approximate surface area is 131 Å². The summed E-state index contributed by atoms with van der Waals surface area (Å²) >= 11 is 0. The highest BCUT2D eigenvalue weighted by atomic mass is 16.5. The van der Waals surface area contributed by atoms with Crippen molar-refractivity contribution < 1.29 is 19.0 Å². The van der Waals surface area contributed by atoms with E-state index in [-0.39, 0.29) is 5.57 Å². The van der Waals surface area contributed by atoms with E-state index < -0.39 is 5.97 Å². The number of rotatable bonds is 8. The van der Waals surface area contributed by atoms with Gasteiger partial charge in [0.05, 0.1) is 20.8 Å². The minimum Gasteiger partial charge on any atom is -0.493 e. The lowest BCUT2D eigenvalue weighted by Crippen LogP contribution is -2.08. The number of carbonyl (C=O) groups is 1. The van der Waals surface area contributed by atoms with Gasteiger partial charge in [0.25, 0.3) is 0 Å². The Balaban J connectivity index is 2.83. The summed E-state index contributed by atoms with van der Waals surface area (Å²) in [6.07, 6.45) is 4.32. The molecule has 0 heterocycles. The lowest BCUT2D eigenvalue weighted by Gasteiger charge is -2.08. The van der Waals surface area contributed by atoms with Gasteiger partial charge in [-0.25, -0.2) is 4.79 Å². The van der Waals surface area contributed by atoms with Gasteiger partial charge in [0.2, 0.25) is 0 Å². The minimum absolute atomic E-state index is 0.0382. The predicted molar refractivity (Wildman–Crippen MR) is 83.6 cm³/mol. The van der Waals surface area contributed by atoms with E-state index in [0.29, 0.717) is 23.7 Å². The van der Waals surface area contributed by atoms with Crippen molar-refractivity contribution in [3.63, 3.8) is 0 Å². The lowest BCUT2D eigenvalue weighted by atomic mass is 10.1. The first-order valence-corrected chi connectivity index (χ1v) is 7.17. The SMILES string of the molecule is CCCCCOC(=O)C(C#N)=Cc1ccc(OC)c(OC)c1. The molecule has 0 amide bonds. The normalized spacial score (nSPS) is 10.7. The van der Waals surface area contributed by atoms with Crippen LogP contribution in [0.2, 0.25) is 0 Å². The first kappa shape index (κ1) is 17.6. The van der Waals surface area contributed by atoms with Crippen molar-refractivity contribution >= 4 is 12.0 Å². The van der Waals surface area contributed by atoms with Gasteiger partial charge < -0.3 is 14.2 Å². The molecule has 0 aliphatic heterocycles. The zero-order valence-corrected chi connectivity index (χ0v) is 13.2. The molecule has 0 aliphatic carbocycles. The monoisotopic (exact) mass is 303 g/mol. The van der Waals surface area contributed by atoms with E-state index in [2.05, 4.69) is 6.92 Å². The van der Waals surface area contributed by atoms with E-state index in [1.165, 1.54) is 13.2 Å². The number of carbonyl (C=O) groups excluding carboxylic acids is 1. The molecule has 0 bridgehead atoms. The second-order valence-corrected chi connectivity index (χ2v) is 4.63. The molecule has 0 unspecified atom stereocenters. The molecule has 0 N–H and O–H groups in total. The Kier molecular flexibility index (Phi) is 7.55. The number of unbranched alkanes of at least 4 members (excludes halogenated alkanes) is 2. The summed E-state index contributed by atoms with van der Waals surface area (Å²) in [6.45, 7) is 2.40. The Bertz CT molecular complexity index is 573. The minimum atomic E-state index is -0.603. The van der Waals surface area contributed by atoms with Crippen LogP contribution < -0.4 is 9.47 Å². The zero-order chi connectivity index (χ0) is 16.4. The van der Waals surface area contributed by atoms with E-state index in [1.807, 2.05) is 6.07 Å². The number of methoxy groups -OCH3 is 2. The van der Waals surface area contributed by atoms with E-state index in [4.69, 9.17) is 19.5 Å². The topological polar surface area (TPSA) is 68.6 Å². The smallest absolute Gasteiger partial charge is 0.348 e. The van der Waals surface area contributed by atoms with Crippen molar-refractivity contribution in [1.29, 1.82) is 5.26 Å². The molecule has 1 aromatic carbocycles. The van der Waals surface area contributed by atoms with E-state index in [9.17, 15) is 4.79 Å². The Morgan fingerprint density at radius 1 is 1.23 bits per heavy atom. The third kappa shape index (κ3) is 5.13. The first-order valence-electron chi connectivity index (χ1n) is 7.17. The van der Waals surface area contributed by atoms with Crippen LogP contribution in [-0.2, 0) is 9.53 Å². The van der Waals surface area contributed by atoms with Crippen molar-refractivity contribution in [2.45, 2.75) is 26.2 Å². The molecular weight excluding hydrogens is 282 g/mol. The molecule has 118 valence electrons. The number of nitrogens with zero attached hydrogens (tertiary/aromatic N) is 1. The van der Waals surface area contributed by atoms with Crippen molar-refractivity contribution in [3.8, 4) is 17.6 Å². The molecule has 0 aliphatic rings. The molecule has 5 nitrogen and oxygen atoms in total. The Morgan fingerprint density at radius 2 is 1.95 bits per heavy atom. The van der Waals surface area contributed by atoms with Crippen molar-refractivity contribution in [2.24, 2.45) is 0 Å². The van der Waals surface area contributed by atoms with Gasteiger partial charge in [-0.15, -0.1) is 0 Å². The van der Waals surface area contributed by atoms with Gasteiger partial charge in [-0.2, -0.15) is 5.26 Å². The van der Waals surface area contributed by atoms with Gasteiger partial charge in [0.1, 0.15) is 11.6 Å². The van der Waals surface area contributed by atoms with Crippen LogP contribution >= 0.6 is 0 Å². The highest BCUT2D eigenvalue weighted by molar-refractivity contribution is 5.97. The third-order valence-corrected chi connectivity index (χ3v) is 3.04. The van der Waals surface area contributed by atoms with Crippen LogP contribution in [0.25, 0.3) is 6.08 Å². The Morgan fingerprint density at radius 3 is 2.55 bits per heavy atom. The molecule has 0 saturated carbocycles. The number of hydrogen-bond donors (Lipinski definition) is 0. The summed E-state index contributed by atoms with van der Waals surface area (Å²) < 4.78 is 15.4.